The first-order valence-corrected chi connectivity index (χ1v) is 5.50. The zero-order valence-corrected chi connectivity index (χ0v) is 8.17. The molecule has 1 N–H and O–H groups in total. The number of nitrogens with one attached hydrogen (secondary N) is 1. The van der Waals surface area contributed by atoms with E-state index in [1.807, 2.05) is 0 Å². The maximum absolute atomic E-state index is 11.6. The minimum absolute atomic E-state index is 0.426. The molecule has 0 radical (unpaired) electrons. The van der Waals surface area contributed by atoms with Crippen LogP contribution in [0.25, 0.3) is 0 Å². The molecule has 4 nitrogen and oxygen atoms in total. The van der Waals surface area contributed by atoms with Gasteiger partial charge in [-0.15, -0.1) is 0 Å². The van der Waals surface area contributed by atoms with Crippen molar-refractivity contribution < 1.29 is 17.7 Å². The van der Waals surface area contributed by atoms with E-state index in [-0.39, 0.29) is 0 Å². The Bertz CT molecular complexity index is 205. The highest BCUT2D eigenvalue weighted by Crippen LogP contribution is 2.44. The number of hydrogen-bond acceptors (Lipinski definition) is 4. The third-order valence-electron chi connectivity index (χ3n) is 0.687. The summed E-state index contributed by atoms with van der Waals surface area (Å²) < 4.78 is 46.6. The summed E-state index contributed by atoms with van der Waals surface area (Å²) in [5, 5.41) is 0. The molecule has 1 aliphatic rings. The van der Waals surface area contributed by atoms with Crippen molar-refractivity contribution in [3.63, 3.8) is 0 Å². The van der Waals surface area contributed by atoms with Crippen molar-refractivity contribution in [2.24, 2.45) is 9.03 Å². The van der Waals surface area contributed by atoms with E-state index in [0.717, 1.165) is 0 Å². The lowest BCUT2D eigenvalue weighted by Crippen LogP contribution is -2.16. The van der Waals surface area contributed by atoms with Gasteiger partial charge in [0.15, 0.2) is 15.1 Å². The van der Waals surface area contributed by atoms with Crippen molar-refractivity contribution in [1.82, 2.24) is 4.86 Å². The molecule has 0 aromatic heterocycles. The van der Waals surface area contributed by atoms with Crippen LogP contribution in [0.2, 0.25) is 0 Å². The van der Waals surface area contributed by atoms with Gasteiger partial charge in [0.25, 0.3) is 8.45 Å². The van der Waals surface area contributed by atoms with Gasteiger partial charge in [0.1, 0.15) is 8.52 Å². The van der Waals surface area contributed by atoms with E-state index < -0.39 is 21.2 Å². The molecule has 0 amide bonds. The van der Waals surface area contributed by atoms with Gasteiger partial charge < -0.3 is 4.52 Å². The van der Waals surface area contributed by atoms with E-state index in [1.165, 1.54) is 0 Å². The molecule has 1 unspecified atom stereocenters. The fourth-order valence-electron chi connectivity index (χ4n) is 0.341. The van der Waals surface area contributed by atoms with Crippen LogP contribution in [0.1, 0.15) is 0 Å². The van der Waals surface area contributed by atoms with Crippen LogP contribution < -0.4 is 4.86 Å². The van der Waals surface area contributed by atoms with E-state index in [1.54, 1.807) is 0 Å². The second kappa shape index (κ2) is 4.54. The highest BCUT2D eigenvalue weighted by molar-refractivity contribution is 7.63. The Labute approximate surface area is 70.7 Å². The number of rotatable bonds is 2. The maximum atomic E-state index is 11.6. The molecule has 0 aromatic carbocycles. The molecule has 0 aliphatic carbocycles. The van der Waals surface area contributed by atoms with Crippen molar-refractivity contribution in [3.05, 3.63) is 0 Å². The van der Waals surface area contributed by atoms with E-state index >= 15 is 0 Å². The number of nitrogens with zero attached hydrogens (tertiary/aromatic N) is 2. The van der Waals surface area contributed by atoms with Gasteiger partial charge in [0.05, 0.1) is 0 Å². The van der Waals surface area contributed by atoms with Gasteiger partial charge in [0, 0.05) is 0 Å². The molecule has 68 valence electrons. The largest absolute Gasteiger partial charge is 0.412 e. The van der Waals surface area contributed by atoms with Crippen molar-refractivity contribution in [1.29, 1.82) is 0 Å². The molecule has 0 bridgehead atoms. The summed E-state index contributed by atoms with van der Waals surface area (Å²) in [4.78, 5) is 2.57. The molecule has 1 atom stereocenters. The molecule has 10 heteroatoms. The lowest BCUT2D eigenvalue weighted by molar-refractivity contribution is -0.152. The summed E-state index contributed by atoms with van der Waals surface area (Å²) in [6.45, 7) is -1.26. The third-order valence-corrected chi connectivity index (χ3v) is 3.75. The fourth-order valence-corrected chi connectivity index (χ4v) is 3.31. The molecule has 1 heterocycles. The lowest BCUT2D eigenvalue weighted by Gasteiger charge is -2.12. The minimum Gasteiger partial charge on any atom is -0.316 e. The van der Waals surface area contributed by atoms with Gasteiger partial charge in [-0.3, -0.25) is 0 Å². The number of alkyl halides is 3. The van der Waals surface area contributed by atoms with Gasteiger partial charge in [-0.2, -0.15) is 27.1 Å². The predicted molar refractivity (Wildman–Crippen MR) is 40.8 cm³/mol. The molecule has 12 heavy (non-hydrogen) atoms. The molecular formula is C2H3F3N3OP3. The van der Waals surface area contributed by atoms with Gasteiger partial charge in [-0.05, 0) is 0 Å². The molecule has 0 fully saturated rings. The first-order chi connectivity index (χ1) is 5.58. The molecular weight excluding hydrogens is 232 g/mol. The summed E-state index contributed by atoms with van der Waals surface area (Å²) in [7, 11) is -0.554. The zero-order chi connectivity index (χ0) is 9.03. The van der Waals surface area contributed by atoms with Crippen molar-refractivity contribution >= 4 is 25.5 Å². The summed E-state index contributed by atoms with van der Waals surface area (Å²) in [6.07, 6.45) is -4.29. The van der Waals surface area contributed by atoms with Gasteiger partial charge in [-0.1, -0.05) is 0 Å². The molecule has 1 rings (SSSR count). The second-order valence-electron chi connectivity index (χ2n) is 1.63. The smallest absolute Gasteiger partial charge is 0.316 e. The normalized spacial score (nSPS) is 25.8. The average Bonchev–Trinajstić information content (AvgIpc) is 2.02. The van der Waals surface area contributed by atoms with Gasteiger partial charge in [-0.25, -0.2) is 0 Å². The minimum atomic E-state index is -4.29. The van der Waals surface area contributed by atoms with Crippen LogP contribution in [-0.4, -0.2) is 12.8 Å². The first-order valence-electron chi connectivity index (χ1n) is 2.64. The Kier molecular flexibility index (Phi) is 3.94. The van der Waals surface area contributed by atoms with Crippen LogP contribution in [-0.2, 0) is 4.52 Å². The fraction of sp³-hybridized carbons (Fsp3) is 1.00. The highest BCUT2D eigenvalue weighted by Gasteiger charge is 2.29. The van der Waals surface area contributed by atoms with E-state index in [9.17, 15) is 13.2 Å². The van der Waals surface area contributed by atoms with Crippen LogP contribution in [0.15, 0.2) is 9.03 Å². The summed E-state index contributed by atoms with van der Waals surface area (Å²) in [5.41, 5.74) is 0. The summed E-state index contributed by atoms with van der Waals surface area (Å²) in [6, 6.07) is 0. The Hall–Kier alpha value is 0.340. The molecule has 1 aliphatic heterocycles. The van der Waals surface area contributed by atoms with Crippen molar-refractivity contribution in [3.8, 4) is 0 Å². The molecule has 0 saturated carbocycles. The first kappa shape index (κ1) is 10.4. The van der Waals surface area contributed by atoms with Crippen LogP contribution in [0.5, 0.6) is 0 Å². The maximum Gasteiger partial charge on any atom is 0.412 e. The number of hydrogen-bond donors (Lipinski definition) is 1. The van der Waals surface area contributed by atoms with E-state index in [2.05, 4.69) is 18.4 Å². The second-order valence-corrected chi connectivity index (χ2v) is 5.04. The van der Waals surface area contributed by atoms with Crippen molar-refractivity contribution in [2.45, 2.75) is 6.18 Å². The third kappa shape index (κ3) is 4.39. The Morgan fingerprint density at radius 1 is 1.50 bits per heavy atom. The average molecular weight is 235 g/mol. The molecule has 0 spiro atoms. The van der Waals surface area contributed by atoms with E-state index in [4.69, 9.17) is 0 Å². The Morgan fingerprint density at radius 2 is 2.25 bits per heavy atom. The number of halogens is 3. The Morgan fingerprint density at radius 3 is 2.75 bits per heavy atom. The quantitative estimate of drug-likeness (QED) is 0.744. The predicted octanol–water partition coefficient (Wildman–Crippen LogP) is 3.49. The molecule has 0 aromatic rings. The van der Waals surface area contributed by atoms with Gasteiger partial charge in [0.2, 0.25) is 0 Å². The lowest BCUT2D eigenvalue weighted by atomic mass is 10.7. The monoisotopic (exact) mass is 235 g/mol. The van der Waals surface area contributed by atoms with Crippen LogP contribution in [0, 0.1) is 0 Å². The van der Waals surface area contributed by atoms with E-state index in [0.29, 0.717) is 17.0 Å². The van der Waals surface area contributed by atoms with Gasteiger partial charge >= 0.3 is 6.18 Å². The SMILES string of the molecule is FC(F)(F)COP1N=PN=PN1. The Balaban J connectivity index is 2.24. The van der Waals surface area contributed by atoms with Crippen LogP contribution >= 0.6 is 25.5 Å². The summed E-state index contributed by atoms with van der Waals surface area (Å²) >= 11 is 0. The summed E-state index contributed by atoms with van der Waals surface area (Å²) in [5.74, 6) is 0. The highest BCUT2D eigenvalue weighted by atomic mass is 31.2. The molecule has 0 saturated heterocycles. The topological polar surface area (TPSA) is 46.0 Å². The van der Waals surface area contributed by atoms with Crippen LogP contribution in [0.3, 0.4) is 0 Å². The van der Waals surface area contributed by atoms with Crippen LogP contribution in [0.4, 0.5) is 13.2 Å². The van der Waals surface area contributed by atoms with Crippen molar-refractivity contribution in [2.75, 3.05) is 6.61 Å². The zero-order valence-electron chi connectivity index (χ0n) is 5.49. The standard InChI is InChI=1S/C2H3F3N3OP3/c3-2(4,5)1-9-12-7-10-6-11-8-12/h1H2,(H,6,7,8).